The number of nitrogens with one attached hydrogen (secondary N) is 3. The Kier molecular flexibility index (Phi) is 5.63. The highest BCUT2D eigenvalue weighted by Gasteiger charge is 2.20. The number of aryl methyl sites for hydroxylation is 1. The van der Waals surface area contributed by atoms with Gasteiger partial charge in [0.2, 0.25) is 0 Å². The lowest BCUT2D eigenvalue weighted by Gasteiger charge is -2.12. The third-order valence-electron chi connectivity index (χ3n) is 4.14. The summed E-state index contributed by atoms with van der Waals surface area (Å²) >= 11 is 0. The van der Waals surface area contributed by atoms with Crippen molar-refractivity contribution in [1.82, 2.24) is 10.1 Å². The number of anilines is 3. The zero-order chi connectivity index (χ0) is 21.0. The molecule has 0 aliphatic rings. The highest BCUT2D eigenvalue weighted by molar-refractivity contribution is 6.05. The van der Waals surface area contributed by atoms with Crippen molar-refractivity contribution < 1.29 is 14.1 Å². The molecule has 0 spiro atoms. The van der Waals surface area contributed by atoms with E-state index >= 15 is 0 Å². The third-order valence-corrected chi connectivity index (χ3v) is 4.14. The molecule has 3 rings (SSSR count). The van der Waals surface area contributed by atoms with Gasteiger partial charge in [-0.15, -0.1) is 0 Å². The van der Waals surface area contributed by atoms with Gasteiger partial charge in [-0.1, -0.05) is 25.9 Å². The summed E-state index contributed by atoms with van der Waals surface area (Å²) in [5.74, 6) is 0.773. The van der Waals surface area contributed by atoms with E-state index in [1.807, 2.05) is 20.8 Å². The van der Waals surface area contributed by atoms with Gasteiger partial charge < -0.3 is 15.2 Å². The Labute approximate surface area is 168 Å². The monoisotopic (exact) mass is 393 g/mol. The van der Waals surface area contributed by atoms with Crippen molar-refractivity contribution in [2.45, 2.75) is 33.1 Å². The number of aromatic nitrogens is 2. The number of urea groups is 1. The van der Waals surface area contributed by atoms with Gasteiger partial charge in [-0.25, -0.2) is 4.79 Å². The molecule has 0 fully saturated rings. The minimum Gasteiger partial charge on any atom is -0.359 e. The van der Waals surface area contributed by atoms with Crippen molar-refractivity contribution in [3.63, 3.8) is 0 Å². The molecule has 3 aromatic rings. The summed E-state index contributed by atoms with van der Waals surface area (Å²) in [5, 5.41) is 12.0. The van der Waals surface area contributed by atoms with Gasteiger partial charge in [0.25, 0.3) is 5.91 Å². The predicted molar refractivity (Wildman–Crippen MR) is 111 cm³/mol. The molecule has 0 aliphatic heterocycles. The molecule has 0 atom stereocenters. The molecule has 0 saturated heterocycles. The Balaban J connectivity index is 1.57. The molecule has 0 aliphatic carbocycles. The number of pyridine rings is 1. The summed E-state index contributed by atoms with van der Waals surface area (Å²) in [4.78, 5) is 28.6. The van der Waals surface area contributed by atoms with Crippen LogP contribution in [0.2, 0.25) is 0 Å². The maximum Gasteiger partial charge on any atom is 0.324 e. The van der Waals surface area contributed by atoms with Crippen LogP contribution in [0.3, 0.4) is 0 Å². The zero-order valence-corrected chi connectivity index (χ0v) is 16.7. The fourth-order valence-corrected chi connectivity index (χ4v) is 2.53. The number of rotatable bonds is 4. The third kappa shape index (κ3) is 5.19. The summed E-state index contributed by atoms with van der Waals surface area (Å²) in [5.41, 5.74) is 2.14. The quantitative estimate of drug-likeness (QED) is 0.601. The molecule has 2 aromatic heterocycles. The second kappa shape index (κ2) is 8.14. The summed E-state index contributed by atoms with van der Waals surface area (Å²) in [6, 6.07) is 11.5. The summed E-state index contributed by atoms with van der Waals surface area (Å²) in [6.45, 7) is 7.76. The maximum absolute atomic E-state index is 12.3. The molecule has 8 heteroatoms. The average molecular weight is 393 g/mol. The van der Waals surface area contributed by atoms with E-state index in [9.17, 15) is 9.59 Å². The fourth-order valence-electron chi connectivity index (χ4n) is 2.53. The van der Waals surface area contributed by atoms with Crippen molar-refractivity contribution in [2.24, 2.45) is 0 Å². The smallest absolute Gasteiger partial charge is 0.324 e. The number of nitrogens with zero attached hydrogens (tertiary/aromatic N) is 2. The van der Waals surface area contributed by atoms with E-state index in [1.54, 1.807) is 55.6 Å². The molecule has 150 valence electrons. The van der Waals surface area contributed by atoms with Gasteiger partial charge in [-0.05, 0) is 43.3 Å². The standard InChI is InChI=1S/C21H23N5O3/c1-13-16(6-5-11-22-13)19(27)23-14-7-9-15(10-8-14)24-20(28)25-18-12-17(29-26-18)21(2,3)4/h5-12H,1-4H3,(H,23,27)(H2,24,25,26,28). The molecule has 0 unspecified atom stereocenters. The lowest BCUT2D eigenvalue weighted by Crippen LogP contribution is -2.19. The van der Waals surface area contributed by atoms with Crippen molar-refractivity contribution in [2.75, 3.05) is 16.0 Å². The predicted octanol–water partition coefficient (Wildman–Crippen LogP) is 4.57. The normalized spacial score (nSPS) is 11.0. The summed E-state index contributed by atoms with van der Waals surface area (Å²) in [6.07, 6.45) is 1.64. The first-order valence-electron chi connectivity index (χ1n) is 9.10. The van der Waals surface area contributed by atoms with Crippen LogP contribution in [0.4, 0.5) is 22.0 Å². The molecule has 0 radical (unpaired) electrons. The number of amides is 3. The Morgan fingerprint density at radius 2 is 1.62 bits per heavy atom. The zero-order valence-electron chi connectivity index (χ0n) is 16.7. The van der Waals surface area contributed by atoms with E-state index in [0.717, 1.165) is 0 Å². The molecule has 0 saturated carbocycles. The van der Waals surface area contributed by atoms with E-state index in [1.165, 1.54) is 0 Å². The van der Waals surface area contributed by atoms with Crippen LogP contribution in [0.5, 0.6) is 0 Å². The minimum atomic E-state index is -0.443. The van der Waals surface area contributed by atoms with Crippen LogP contribution in [0, 0.1) is 6.92 Å². The number of hydrogen-bond donors (Lipinski definition) is 3. The van der Waals surface area contributed by atoms with E-state index < -0.39 is 6.03 Å². The van der Waals surface area contributed by atoms with Crippen LogP contribution >= 0.6 is 0 Å². The van der Waals surface area contributed by atoms with Crippen molar-refractivity contribution >= 4 is 29.1 Å². The first-order valence-corrected chi connectivity index (χ1v) is 9.10. The first-order chi connectivity index (χ1) is 13.7. The lowest BCUT2D eigenvalue weighted by atomic mass is 9.93. The van der Waals surface area contributed by atoms with Crippen LogP contribution in [-0.4, -0.2) is 22.1 Å². The Morgan fingerprint density at radius 1 is 0.966 bits per heavy atom. The van der Waals surface area contributed by atoms with Gasteiger partial charge in [0.05, 0.1) is 5.56 Å². The van der Waals surface area contributed by atoms with Gasteiger partial charge in [0.15, 0.2) is 5.82 Å². The Bertz CT molecular complexity index is 1020. The number of benzene rings is 1. The largest absolute Gasteiger partial charge is 0.359 e. The summed E-state index contributed by atoms with van der Waals surface area (Å²) < 4.78 is 5.24. The Hall–Kier alpha value is -3.68. The molecule has 8 nitrogen and oxygen atoms in total. The molecule has 3 N–H and O–H groups in total. The van der Waals surface area contributed by atoms with Gasteiger partial charge >= 0.3 is 6.03 Å². The lowest BCUT2D eigenvalue weighted by molar-refractivity contribution is 0.102. The molecule has 29 heavy (non-hydrogen) atoms. The molecule has 1 aromatic carbocycles. The topological polar surface area (TPSA) is 109 Å². The number of carbonyl (C=O) groups excluding carboxylic acids is 2. The van der Waals surface area contributed by atoms with Crippen LogP contribution in [0.1, 0.15) is 42.6 Å². The highest BCUT2D eigenvalue weighted by Crippen LogP contribution is 2.24. The van der Waals surface area contributed by atoms with Crippen LogP contribution in [0.25, 0.3) is 0 Å². The second-order valence-corrected chi connectivity index (χ2v) is 7.57. The van der Waals surface area contributed by atoms with Crippen molar-refractivity contribution in [1.29, 1.82) is 0 Å². The Morgan fingerprint density at radius 3 is 2.21 bits per heavy atom. The molecule has 2 heterocycles. The molecular formula is C21H23N5O3. The van der Waals surface area contributed by atoms with E-state index in [-0.39, 0.29) is 11.3 Å². The van der Waals surface area contributed by atoms with Gasteiger partial charge in [-0.2, -0.15) is 0 Å². The second-order valence-electron chi connectivity index (χ2n) is 7.57. The highest BCUT2D eigenvalue weighted by atomic mass is 16.5. The van der Waals surface area contributed by atoms with Gasteiger partial charge in [0.1, 0.15) is 5.76 Å². The van der Waals surface area contributed by atoms with E-state index in [4.69, 9.17) is 4.52 Å². The van der Waals surface area contributed by atoms with Gasteiger partial charge in [0, 0.05) is 34.7 Å². The van der Waals surface area contributed by atoms with Crippen LogP contribution in [-0.2, 0) is 5.41 Å². The van der Waals surface area contributed by atoms with Crippen LogP contribution < -0.4 is 16.0 Å². The number of carbonyl (C=O) groups is 2. The summed E-state index contributed by atoms with van der Waals surface area (Å²) in [7, 11) is 0. The van der Waals surface area contributed by atoms with Crippen LogP contribution in [0.15, 0.2) is 53.2 Å². The fraction of sp³-hybridized carbons (Fsp3) is 0.238. The van der Waals surface area contributed by atoms with E-state index in [2.05, 4.69) is 26.1 Å². The molecule has 0 bridgehead atoms. The number of hydrogen-bond acceptors (Lipinski definition) is 5. The minimum absolute atomic E-state index is 0.196. The average Bonchev–Trinajstić information content (AvgIpc) is 3.12. The van der Waals surface area contributed by atoms with Crippen molar-refractivity contribution in [3.8, 4) is 0 Å². The van der Waals surface area contributed by atoms with Crippen molar-refractivity contribution in [3.05, 3.63) is 65.7 Å². The first kappa shape index (κ1) is 20.1. The van der Waals surface area contributed by atoms with E-state index in [0.29, 0.717) is 34.2 Å². The maximum atomic E-state index is 12.3. The SMILES string of the molecule is Cc1ncccc1C(=O)Nc1ccc(NC(=O)Nc2cc(C(C)(C)C)on2)cc1. The van der Waals surface area contributed by atoms with Gasteiger partial charge in [-0.3, -0.25) is 15.1 Å². The molecular weight excluding hydrogens is 370 g/mol. The molecule has 3 amide bonds.